The highest BCUT2D eigenvalue weighted by Gasteiger charge is 2.29. The van der Waals surface area contributed by atoms with Crippen LogP contribution in [-0.4, -0.2) is 36.1 Å². The molecule has 0 aromatic carbocycles. The van der Waals surface area contributed by atoms with Gasteiger partial charge in [0, 0.05) is 12.6 Å². The molecule has 0 atom stereocenters. The average Bonchev–Trinajstić information content (AvgIpc) is 2.12. The average molecular weight is 230 g/mol. The van der Waals surface area contributed by atoms with Crippen molar-refractivity contribution < 1.29 is 9.53 Å². The van der Waals surface area contributed by atoms with E-state index in [1.165, 1.54) is 0 Å². The Balaban J connectivity index is 4.25. The summed E-state index contributed by atoms with van der Waals surface area (Å²) in [4.78, 5) is 11.9. The van der Waals surface area contributed by atoms with E-state index < -0.39 is 11.1 Å². The first-order chi connectivity index (χ1) is 7.10. The van der Waals surface area contributed by atoms with E-state index in [9.17, 15) is 4.79 Å². The number of nitrogens with one attached hydrogen (secondary N) is 1. The monoisotopic (exact) mass is 230 g/mol. The molecule has 0 radical (unpaired) electrons. The van der Waals surface area contributed by atoms with Gasteiger partial charge >= 0.3 is 0 Å². The molecular formula is C12H26N2O2. The van der Waals surface area contributed by atoms with Crippen molar-refractivity contribution in [2.45, 2.75) is 58.7 Å². The van der Waals surface area contributed by atoms with E-state index in [-0.39, 0.29) is 18.4 Å². The minimum atomic E-state index is -0.557. The Morgan fingerprint density at radius 3 is 2.19 bits per heavy atom. The van der Waals surface area contributed by atoms with Crippen molar-refractivity contribution in [1.82, 2.24) is 5.32 Å². The number of Topliss-reactive ketones (excluding diaryl/α,β-unsaturated/α-hetero) is 1. The zero-order valence-corrected chi connectivity index (χ0v) is 11.4. The third kappa shape index (κ3) is 5.58. The topological polar surface area (TPSA) is 64.3 Å². The van der Waals surface area contributed by atoms with Gasteiger partial charge in [0.1, 0.15) is 6.61 Å². The molecule has 0 aromatic heterocycles. The number of nitrogens with two attached hydrogens (primary N) is 1. The van der Waals surface area contributed by atoms with Gasteiger partial charge in [0.05, 0.1) is 11.1 Å². The maximum absolute atomic E-state index is 11.9. The molecule has 0 aromatic rings. The van der Waals surface area contributed by atoms with E-state index >= 15 is 0 Å². The smallest absolute Gasteiger partial charge is 0.177 e. The van der Waals surface area contributed by atoms with Gasteiger partial charge in [-0.25, -0.2) is 0 Å². The van der Waals surface area contributed by atoms with E-state index in [1.807, 2.05) is 41.5 Å². The standard InChI is InChI=1S/C12H26N2O2/c1-9(2)14-12(5,6)10(15)7-16-11(3,4)8-13/h9,14H,7-8,13H2,1-6H3. The molecule has 0 aliphatic heterocycles. The minimum absolute atomic E-state index is 0.0442. The summed E-state index contributed by atoms with van der Waals surface area (Å²) in [5.74, 6) is 0.0442. The maximum atomic E-state index is 11.9. The molecular weight excluding hydrogens is 204 g/mol. The SMILES string of the molecule is CC(C)NC(C)(C)C(=O)COC(C)(C)CN. The van der Waals surface area contributed by atoms with Gasteiger partial charge in [0.15, 0.2) is 5.78 Å². The molecule has 0 spiro atoms. The summed E-state index contributed by atoms with van der Waals surface area (Å²) in [6.07, 6.45) is 0. The highest BCUT2D eigenvalue weighted by atomic mass is 16.5. The van der Waals surface area contributed by atoms with Gasteiger partial charge in [-0.05, 0) is 41.5 Å². The van der Waals surface area contributed by atoms with Gasteiger partial charge in [-0.2, -0.15) is 0 Å². The van der Waals surface area contributed by atoms with E-state index in [0.29, 0.717) is 6.54 Å². The fourth-order valence-electron chi connectivity index (χ4n) is 1.30. The quantitative estimate of drug-likeness (QED) is 0.687. The lowest BCUT2D eigenvalue weighted by atomic mass is 9.98. The van der Waals surface area contributed by atoms with E-state index in [4.69, 9.17) is 10.5 Å². The second kappa shape index (κ2) is 5.75. The van der Waals surface area contributed by atoms with Crippen LogP contribution < -0.4 is 11.1 Å². The zero-order valence-electron chi connectivity index (χ0n) is 11.4. The first-order valence-electron chi connectivity index (χ1n) is 5.76. The molecule has 0 saturated heterocycles. The Morgan fingerprint density at radius 2 is 1.81 bits per heavy atom. The summed E-state index contributed by atoms with van der Waals surface area (Å²) >= 11 is 0. The number of ether oxygens (including phenoxy) is 1. The molecule has 0 saturated carbocycles. The first kappa shape index (κ1) is 15.6. The fourth-order valence-corrected chi connectivity index (χ4v) is 1.30. The molecule has 3 N–H and O–H groups in total. The summed E-state index contributed by atoms with van der Waals surface area (Å²) in [6, 6.07) is 0.265. The van der Waals surface area contributed by atoms with Crippen LogP contribution in [0.1, 0.15) is 41.5 Å². The minimum Gasteiger partial charge on any atom is -0.366 e. The molecule has 0 aliphatic carbocycles. The first-order valence-corrected chi connectivity index (χ1v) is 5.76. The molecule has 4 nitrogen and oxygen atoms in total. The van der Waals surface area contributed by atoms with Crippen LogP contribution in [0, 0.1) is 0 Å². The molecule has 0 aliphatic rings. The number of rotatable bonds is 7. The van der Waals surface area contributed by atoms with Gasteiger partial charge < -0.3 is 15.8 Å². The van der Waals surface area contributed by atoms with Crippen molar-refractivity contribution in [1.29, 1.82) is 0 Å². The Bertz CT molecular complexity index is 235. The number of ketones is 1. The van der Waals surface area contributed by atoms with E-state index in [0.717, 1.165) is 0 Å². The van der Waals surface area contributed by atoms with Crippen LogP contribution in [0.4, 0.5) is 0 Å². The lowest BCUT2D eigenvalue weighted by molar-refractivity contribution is -0.134. The van der Waals surface area contributed by atoms with E-state index in [1.54, 1.807) is 0 Å². The van der Waals surface area contributed by atoms with Crippen LogP contribution in [0.15, 0.2) is 0 Å². The normalized spacial score (nSPS) is 13.2. The fraction of sp³-hybridized carbons (Fsp3) is 0.917. The molecule has 0 bridgehead atoms. The van der Waals surface area contributed by atoms with Gasteiger partial charge in [-0.1, -0.05) is 0 Å². The molecule has 0 heterocycles. The number of hydrogen-bond donors (Lipinski definition) is 2. The lowest BCUT2D eigenvalue weighted by Gasteiger charge is -2.29. The molecule has 96 valence electrons. The van der Waals surface area contributed by atoms with Crippen molar-refractivity contribution in [2.24, 2.45) is 5.73 Å². The summed E-state index contributed by atoms with van der Waals surface area (Å²) in [5.41, 5.74) is 4.53. The third-order valence-corrected chi connectivity index (χ3v) is 2.43. The lowest BCUT2D eigenvalue weighted by Crippen LogP contribution is -2.52. The molecule has 4 heteroatoms. The molecule has 0 fully saturated rings. The number of hydrogen-bond acceptors (Lipinski definition) is 4. The third-order valence-electron chi connectivity index (χ3n) is 2.43. The van der Waals surface area contributed by atoms with Crippen LogP contribution in [0.2, 0.25) is 0 Å². The predicted octanol–water partition coefficient (Wildman–Crippen LogP) is 1.09. The van der Waals surface area contributed by atoms with E-state index in [2.05, 4.69) is 5.32 Å². The summed E-state index contributed by atoms with van der Waals surface area (Å²) in [6.45, 7) is 12.0. The van der Waals surface area contributed by atoms with Crippen LogP contribution in [0.25, 0.3) is 0 Å². The Labute approximate surface area is 98.9 Å². The molecule has 0 unspecified atom stereocenters. The van der Waals surface area contributed by atoms with Crippen molar-refractivity contribution >= 4 is 5.78 Å². The van der Waals surface area contributed by atoms with Crippen LogP contribution in [0.3, 0.4) is 0 Å². The maximum Gasteiger partial charge on any atom is 0.177 e. The van der Waals surface area contributed by atoms with Crippen LogP contribution in [0.5, 0.6) is 0 Å². The molecule has 0 amide bonds. The van der Waals surface area contributed by atoms with Crippen molar-refractivity contribution in [3.05, 3.63) is 0 Å². The predicted molar refractivity (Wildman–Crippen MR) is 66.4 cm³/mol. The largest absolute Gasteiger partial charge is 0.366 e. The van der Waals surface area contributed by atoms with Crippen molar-refractivity contribution in [3.63, 3.8) is 0 Å². The summed E-state index contributed by atoms with van der Waals surface area (Å²) in [5, 5.41) is 3.21. The zero-order chi connectivity index (χ0) is 13.0. The Hall–Kier alpha value is -0.450. The van der Waals surface area contributed by atoms with Crippen molar-refractivity contribution in [2.75, 3.05) is 13.2 Å². The van der Waals surface area contributed by atoms with Gasteiger partial charge in [0.2, 0.25) is 0 Å². The van der Waals surface area contributed by atoms with Crippen LogP contribution in [-0.2, 0) is 9.53 Å². The second-order valence-corrected chi connectivity index (χ2v) is 5.60. The molecule has 16 heavy (non-hydrogen) atoms. The summed E-state index contributed by atoms with van der Waals surface area (Å²) < 4.78 is 5.49. The number of carbonyl (C=O) groups excluding carboxylic acids is 1. The molecule has 0 rings (SSSR count). The highest BCUT2D eigenvalue weighted by molar-refractivity contribution is 5.88. The van der Waals surface area contributed by atoms with Gasteiger partial charge in [-0.15, -0.1) is 0 Å². The Kier molecular flexibility index (Phi) is 5.59. The second-order valence-electron chi connectivity index (χ2n) is 5.60. The van der Waals surface area contributed by atoms with Crippen LogP contribution >= 0.6 is 0 Å². The summed E-state index contributed by atoms with van der Waals surface area (Å²) in [7, 11) is 0. The Morgan fingerprint density at radius 1 is 1.31 bits per heavy atom. The number of carbonyl (C=O) groups is 1. The van der Waals surface area contributed by atoms with Gasteiger partial charge in [0.25, 0.3) is 0 Å². The van der Waals surface area contributed by atoms with Gasteiger partial charge in [-0.3, -0.25) is 4.79 Å². The van der Waals surface area contributed by atoms with Crippen molar-refractivity contribution in [3.8, 4) is 0 Å². The highest BCUT2D eigenvalue weighted by Crippen LogP contribution is 2.11.